The smallest absolute Gasteiger partial charge is 0.339 e. The van der Waals surface area contributed by atoms with Gasteiger partial charge in [0.15, 0.2) is 0 Å². The van der Waals surface area contributed by atoms with Crippen LogP contribution in [-0.4, -0.2) is 30.7 Å². The fraction of sp³-hybridized carbons (Fsp3) is 0.0714. The Morgan fingerprint density at radius 3 is 2.80 bits per heavy atom. The summed E-state index contributed by atoms with van der Waals surface area (Å²) in [5, 5.41) is 18.5. The number of aromatic hydroxyl groups is 1. The Morgan fingerprint density at radius 1 is 1.25 bits per heavy atom. The molecule has 0 amide bonds. The molecule has 0 spiro atoms. The number of nitrogens with zero attached hydrogens (tertiary/aromatic N) is 3. The van der Waals surface area contributed by atoms with E-state index in [0.29, 0.717) is 5.69 Å². The Labute approximate surface area is 114 Å². The number of benzene rings is 1. The predicted octanol–water partition coefficient (Wildman–Crippen LogP) is 2.04. The van der Waals surface area contributed by atoms with Crippen molar-refractivity contribution in [1.29, 1.82) is 0 Å². The van der Waals surface area contributed by atoms with Gasteiger partial charge >= 0.3 is 5.97 Å². The van der Waals surface area contributed by atoms with Crippen LogP contribution in [0.25, 0.3) is 22.3 Å². The molecule has 2 aromatic heterocycles. The van der Waals surface area contributed by atoms with E-state index in [-0.39, 0.29) is 11.3 Å². The molecule has 0 atom stereocenters. The third-order valence-corrected chi connectivity index (χ3v) is 3.13. The molecule has 0 saturated carbocycles. The zero-order valence-corrected chi connectivity index (χ0v) is 10.6. The molecule has 3 aromatic rings. The van der Waals surface area contributed by atoms with Gasteiger partial charge in [-0.25, -0.2) is 9.78 Å². The molecule has 0 aliphatic carbocycles. The minimum atomic E-state index is -1.19. The van der Waals surface area contributed by atoms with Crippen molar-refractivity contribution in [3.63, 3.8) is 0 Å². The number of hydrogen-bond acceptors (Lipinski definition) is 4. The van der Waals surface area contributed by atoms with Crippen molar-refractivity contribution >= 4 is 17.0 Å². The number of aromatic carboxylic acids is 1. The van der Waals surface area contributed by atoms with E-state index in [9.17, 15) is 9.90 Å². The number of carbonyl (C=O) groups is 1. The van der Waals surface area contributed by atoms with E-state index in [1.807, 2.05) is 29.8 Å². The molecule has 0 fully saturated rings. The zero-order valence-electron chi connectivity index (χ0n) is 10.6. The SMILES string of the molecule is Cn1cnc2cc(-c3cc(C(=O)O)c(O)cn3)ccc21. The van der Waals surface area contributed by atoms with Gasteiger partial charge in [-0.2, -0.15) is 0 Å². The minimum Gasteiger partial charge on any atom is -0.505 e. The van der Waals surface area contributed by atoms with Crippen LogP contribution in [0.15, 0.2) is 36.8 Å². The van der Waals surface area contributed by atoms with E-state index in [0.717, 1.165) is 22.8 Å². The highest BCUT2D eigenvalue weighted by Crippen LogP contribution is 2.25. The lowest BCUT2D eigenvalue weighted by Gasteiger charge is -2.04. The summed E-state index contributed by atoms with van der Waals surface area (Å²) >= 11 is 0. The van der Waals surface area contributed by atoms with Crippen molar-refractivity contribution in [2.75, 3.05) is 0 Å². The first kappa shape index (κ1) is 12.2. The van der Waals surface area contributed by atoms with Crippen molar-refractivity contribution in [2.45, 2.75) is 0 Å². The lowest BCUT2D eigenvalue weighted by molar-refractivity contribution is 0.0693. The first-order valence-electron chi connectivity index (χ1n) is 5.90. The molecule has 2 heterocycles. The van der Waals surface area contributed by atoms with Crippen LogP contribution < -0.4 is 0 Å². The fourth-order valence-corrected chi connectivity index (χ4v) is 2.07. The maximum Gasteiger partial charge on any atom is 0.339 e. The third kappa shape index (κ3) is 1.87. The number of hydrogen-bond donors (Lipinski definition) is 2. The molecule has 1 aromatic carbocycles. The zero-order chi connectivity index (χ0) is 14.3. The summed E-state index contributed by atoms with van der Waals surface area (Å²) in [6.07, 6.45) is 2.85. The van der Waals surface area contributed by atoms with Crippen LogP contribution in [0.1, 0.15) is 10.4 Å². The van der Waals surface area contributed by atoms with Crippen LogP contribution in [0.5, 0.6) is 5.75 Å². The van der Waals surface area contributed by atoms with Gasteiger partial charge in [0.1, 0.15) is 11.3 Å². The normalized spacial score (nSPS) is 10.8. The maximum absolute atomic E-state index is 11.0. The molecule has 6 heteroatoms. The van der Waals surface area contributed by atoms with Crippen LogP contribution >= 0.6 is 0 Å². The molecule has 0 aliphatic heterocycles. The number of carboxylic acid groups (broad SMARTS) is 1. The lowest BCUT2D eigenvalue weighted by Crippen LogP contribution is -1.98. The van der Waals surface area contributed by atoms with Crippen LogP contribution in [0, 0.1) is 0 Å². The average Bonchev–Trinajstić information content (AvgIpc) is 2.80. The molecular weight excluding hydrogens is 258 g/mol. The number of carboxylic acids is 1. The van der Waals surface area contributed by atoms with Crippen molar-refractivity contribution in [3.8, 4) is 17.0 Å². The van der Waals surface area contributed by atoms with Gasteiger partial charge in [-0.15, -0.1) is 0 Å². The molecule has 0 unspecified atom stereocenters. The third-order valence-electron chi connectivity index (χ3n) is 3.13. The van der Waals surface area contributed by atoms with Crippen molar-refractivity contribution in [3.05, 3.63) is 42.4 Å². The topological polar surface area (TPSA) is 88.2 Å². The Bertz CT molecular complexity index is 824. The second kappa shape index (κ2) is 4.34. The summed E-state index contributed by atoms with van der Waals surface area (Å²) < 4.78 is 1.89. The Hall–Kier alpha value is -2.89. The molecule has 20 heavy (non-hydrogen) atoms. The molecule has 0 saturated heterocycles. The predicted molar refractivity (Wildman–Crippen MR) is 72.6 cm³/mol. The van der Waals surface area contributed by atoms with Crippen molar-refractivity contribution < 1.29 is 15.0 Å². The summed E-state index contributed by atoms with van der Waals surface area (Å²) in [6, 6.07) is 6.92. The van der Waals surface area contributed by atoms with E-state index < -0.39 is 5.97 Å². The summed E-state index contributed by atoms with van der Waals surface area (Å²) in [7, 11) is 1.90. The molecule has 100 valence electrons. The fourth-order valence-electron chi connectivity index (χ4n) is 2.07. The number of rotatable bonds is 2. The van der Waals surface area contributed by atoms with E-state index in [4.69, 9.17) is 5.11 Å². The summed E-state index contributed by atoms with van der Waals surface area (Å²) in [4.78, 5) is 19.3. The minimum absolute atomic E-state index is 0.170. The van der Waals surface area contributed by atoms with E-state index in [2.05, 4.69) is 9.97 Å². The number of aromatic nitrogens is 3. The van der Waals surface area contributed by atoms with Gasteiger partial charge in [0.05, 0.1) is 29.3 Å². The average molecular weight is 269 g/mol. The Kier molecular flexibility index (Phi) is 2.64. The van der Waals surface area contributed by atoms with E-state index >= 15 is 0 Å². The molecule has 0 aliphatic rings. The molecule has 6 nitrogen and oxygen atoms in total. The monoisotopic (exact) mass is 269 g/mol. The summed E-state index contributed by atoms with van der Waals surface area (Å²) in [5.41, 5.74) is 2.84. The van der Waals surface area contributed by atoms with Gasteiger partial charge in [-0.1, -0.05) is 6.07 Å². The van der Waals surface area contributed by atoms with Gasteiger partial charge < -0.3 is 14.8 Å². The van der Waals surface area contributed by atoms with Crippen LogP contribution in [-0.2, 0) is 7.05 Å². The van der Waals surface area contributed by atoms with Crippen LogP contribution in [0.2, 0.25) is 0 Å². The number of aryl methyl sites for hydroxylation is 1. The van der Waals surface area contributed by atoms with Gasteiger partial charge in [-0.3, -0.25) is 4.98 Å². The Morgan fingerprint density at radius 2 is 2.05 bits per heavy atom. The first-order chi connectivity index (χ1) is 9.56. The second-order valence-corrected chi connectivity index (χ2v) is 4.45. The van der Waals surface area contributed by atoms with Crippen LogP contribution in [0.4, 0.5) is 0 Å². The highest BCUT2D eigenvalue weighted by Gasteiger charge is 2.12. The van der Waals surface area contributed by atoms with Gasteiger partial charge in [0, 0.05) is 12.6 Å². The quantitative estimate of drug-likeness (QED) is 0.743. The highest BCUT2D eigenvalue weighted by molar-refractivity contribution is 5.92. The first-order valence-corrected chi connectivity index (χ1v) is 5.90. The number of fused-ring (bicyclic) bond motifs is 1. The van der Waals surface area contributed by atoms with Crippen molar-refractivity contribution in [2.24, 2.45) is 7.05 Å². The van der Waals surface area contributed by atoms with E-state index in [1.54, 1.807) is 6.33 Å². The molecule has 0 bridgehead atoms. The van der Waals surface area contributed by atoms with Crippen molar-refractivity contribution in [1.82, 2.24) is 14.5 Å². The lowest BCUT2D eigenvalue weighted by atomic mass is 10.1. The Balaban J connectivity index is 2.15. The standard InChI is InChI=1S/C14H11N3O3/c1-17-7-16-11-4-8(2-3-12(11)17)10-5-9(14(19)20)13(18)6-15-10/h2-7,18H,1H3,(H,19,20). The molecule has 2 N–H and O–H groups in total. The van der Waals surface area contributed by atoms with Gasteiger partial charge in [-0.05, 0) is 18.2 Å². The largest absolute Gasteiger partial charge is 0.505 e. The van der Waals surface area contributed by atoms with Crippen LogP contribution in [0.3, 0.4) is 0 Å². The number of imidazole rings is 1. The maximum atomic E-state index is 11.0. The summed E-state index contributed by atoms with van der Waals surface area (Å²) in [6.45, 7) is 0. The summed E-state index contributed by atoms with van der Waals surface area (Å²) in [5.74, 6) is -1.54. The molecule has 3 rings (SSSR count). The highest BCUT2D eigenvalue weighted by atomic mass is 16.4. The van der Waals surface area contributed by atoms with Gasteiger partial charge in [0.2, 0.25) is 0 Å². The van der Waals surface area contributed by atoms with Gasteiger partial charge in [0.25, 0.3) is 0 Å². The van der Waals surface area contributed by atoms with E-state index in [1.165, 1.54) is 6.07 Å². The number of pyridine rings is 1. The molecule has 0 radical (unpaired) electrons. The molecular formula is C14H11N3O3. The second-order valence-electron chi connectivity index (χ2n) is 4.45.